The van der Waals surface area contributed by atoms with Crippen LogP contribution in [0.5, 0.6) is 0 Å². The summed E-state index contributed by atoms with van der Waals surface area (Å²) in [6, 6.07) is 0. The normalized spacial score (nSPS) is 10.7. The molecule has 17 heavy (non-hydrogen) atoms. The molecule has 90 valence electrons. The van der Waals surface area contributed by atoms with Gasteiger partial charge in [0.2, 0.25) is 0 Å². The van der Waals surface area contributed by atoms with Crippen LogP contribution in [0, 0.1) is 0 Å². The zero-order chi connectivity index (χ0) is 12.4. The van der Waals surface area contributed by atoms with Crippen LogP contribution in [0.1, 0.15) is 5.01 Å². The van der Waals surface area contributed by atoms with Crippen LogP contribution in [-0.2, 0) is 11.2 Å². The molecule has 0 aliphatic rings. The van der Waals surface area contributed by atoms with Gasteiger partial charge in [-0.1, -0.05) is 22.7 Å². The van der Waals surface area contributed by atoms with Gasteiger partial charge in [0.05, 0.1) is 6.42 Å². The van der Waals surface area contributed by atoms with Crippen LogP contribution in [0.25, 0.3) is 0 Å². The molecule has 0 atom stereocenters. The lowest BCUT2D eigenvalue weighted by atomic mass is 10.5. The first kappa shape index (κ1) is 13.4. The number of carboxylic acid groups (broad SMARTS) is 1. The maximum absolute atomic E-state index is 10.5. The standard InChI is InChI=1S/C7H3Br2N3O2S3/c8-4-5(9)16-6(10-4)17-7-12-11-2(15-7)1-3(13)14/h1H2,(H,13,14). The van der Waals surface area contributed by atoms with Crippen molar-refractivity contribution in [1.29, 1.82) is 0 Å². The zero-order valence-electron chi connectivity index (χ0n) is 7.88. The molecule has 2 aromatic rings. The average molecular weight is 417 g/mol. The summed E-state index contributed by atoms with van der Waals surface area (Å²) in [7, 11) is 0. The van der Waals surface area contributed by atoms with Crippen molar-refractivity contribution < 1.29 is 9.90 Å². The number of thiazole rings is 1. The summed E-state index contributed by atoms with van der Waals surface area (Å²) in [5.41, 5.74) is 0. The van der Waals surface area contributed by atoms with Gasteiger partial charge in [0, 0.05) is 0 Å². The van der Waals surface area contributed by atoms with Crippen LogP contribution >= 0.6 is 66.3 Å². The highest BCUT2D eigenvalue weighted by Gasteiger charge is 2.12. The summed E-state index contributed by atoms with van der Waals surface area (Å²) in [5, 5.41) is 16.8. The number of aromatic nitrogens is 3. The zero-order valence-corrected chi connectivity index (χ0v) is 13.5. The van der Waals surface area contributed by atoms with E-state index >= 15 is 0 Å². The van der Waals surface area contributed by atoms with Gasteiger partial charge in [0.15, 0.2) is 8.68 Å². The molecular weight excluding hydrogens is 414 g/mol. The van der Waals surface area contributed by atoms with Gasteiger partial charge in [-0.3, -0.25) is 4.79 Å². The van der Waals surface area contributed by atoms with Gasteiger partial charge < -0.3 is 5.11 Å². The second kappa shape index (κ2) is 5.74. The minimum atomic E-state index is -0.905. The van der Waals surface area contributed by atoms with E-state index in [0.717, 1.165) is 12.7 Å². The largest absolute Gasteiger partial charge is 0.481 e. The SMILES string of the molecule is O=C(O)Cc1nnc(Sc2nc(Br)c(Br)s2)s1. The molecule has 0 unspecified atom stereocenters. The van der Waals surface area contributed by atoms with Crippen molar-refractivity contribution in [3.8, 4) is 0 Å². The Morgan fingerprint density at radius 3 is 2.65 bits per heavy atom. The molecule has 1 N–H and O–H groups in total. The molecule has 10 heteroatoms. The Hall–Kier alpha value is -0.0300. The Morgan fingerprint density at radius 1 is 1.29 bits per heavy atom. The van der Waals surface area contributed by atoms with E-state index in [1.165, 1.54) is 34.4 Å². The quantitative estimate of drug-likeness (QED) is 0.823. The van der Waals surface area contributed by atoms with Gasteiger partial charge >= 0.3 is 5.97 Å². The van der Waals surface area contributed by atoms with E-state index in [9.17, 15) is 4.79 Å². The molecule has 0 aromatic carbocycles. The number of hydrogen-bond acceptors (Lipinski definition) is 7. The Bertz CT molecular complexity index is 537. The van der Waals surface area contributed by atoms with Crippen molar-refractivity contribution >= 4 is 72.3 Å². The minimum Gasteiger partial charge on any atom is -0.481 e. The van der Waals surface area contributed by atoms with Gasteiger partial charge in [-0.2, -0.15) is 0 Å². The van der Waals surface area contributed by atoms with E-state index in [1.54, 1.807) is 0 Å². The van der Waals surface area contributed by atoms with E-state index in [-0.39, 0.29) is 6.42 Å². The molecule has 0 fully saturated rings. The number of nitrogens with zero attached hydrogens (tertiary/aromatic N) is 3. The Labute approximate surface area is 125 Å². The Balaban J connectivity index is 2.08. The molecule has 2 rings (SSSR count). The van der Waals surface area contributed by atoms with Crippen LogP contribution in [0.15, 0.2) is 17.1 Å². The minimum absolute atomic E-state index is 0.0938. The number of carbonyl (C=O) groups is 1. The van der Waals surface area contributed by atoms with Crippen molar-refractivity contribution in [3.63, 3.8) is 0 Å². The molecule has 0 radical (unpaired) electrons. The highest BCUT2D eigenvalue weighted by Crippen LogP contribution is 2.38. The lowest BCUT2D eigenvalue weighted by Gasteiger charge is -1.87. The van der Waals surface area contributed by atoms with E-state index in [2.05, 4.69) is 47.0 Å². The third kappa shape index (κ3) is 3.71. The summed E-state index contributed by atoms with van der Waals surface area (Å²) in [4.78, 5) is 14.7. The lowest BCUT2D eigenvalue weighted by molar-refractivity contribution is -0.136. The van der Waals surface area contributed by atoms with Gasteiger partial charge in [-0.05, 0) is 43.6 Å². The van der Waals surface area contributed by atoms with E-state index in [4.69, 9.17) is 5.11 Å². The molecule has 0 aliphatic heterocycles. The fourth-order valence-electron chi connectivity index (χ4n) is 0.864. The third-order valence-corrected chi connectivity index (χ3v) is 6.56. The molecule has 2 heterocycles. The van der Waals surface area contributed by atoms with Crippen LogP contribution < -0.4 is 0 Å². The number of halogens is 2. The van der Waals surface area contributed by atoms with Crippen molar-refractivity contribution in [2.75, 3.05) is 0 Å². The monoisotopic (exact) mass is 415 g/mol. The van der Waals surface area contributed by atoms with Gasteiger partial charge in [-0.25, -0.2) is 4.98 Å². The fraction of sp³-hybridized carbons (Fsp3) is 0.143. The highest BCUT2D eigenvalue weighted by atomic mass is 79.9. The molecule has 0 bridgehead atoms. The Morgan fingerprint density at radius 2 is 2.06 bits per heavy atom. The maximum Gasteiger partial charge on any atom is 0.310 e. The second-order valence-electron chi connectivity index (χ2n) is 2.68. The summed E-state index contributed by atoms with van der Waals surface area (Å²) >= 11 is 10.8. The van der Waals surface area contributed by atoms with Crippen molar-refractivity contribution in [3.05, 3.63) is 13.4 Å². The van der Waals surface area contributed by atoms with E-state index in [1.807, 2.05) is 0 Å². The van der Waals surface area contributed by atoms with E-state index < -0.39 is 5.97 Å². The van der Waals surface area contributed by atoms with Crippen LogP contribution in [0.2, 0.25) is 0 Å². The van der Waals surface area contributed by atoms with Gasteiger partial charge in [0.1, 0.15) is 13.4 Å². The molecule has 2 aromatic heterocycles. The summed E-state index contributed by atoms with van der Waals surface area (Å²) in [6.07, 6.45) is -0.0938. The van der Waals surface area contributed by atoms with Gasteiger partial charge in [-0.15, -0.1) is 10.2 Å². The number of rotatable bonds is 4. The molecule has 0 amide bonds. The number of aliphatic carboxylic acids is 1. The Kier molecular flexibility index (Phi) is 4.53. The molecule has 0 saturated heterocycles. The van der Waals surface area contributed by atoms with Crippen LogP contribution in [-0.4, -0.2) is 26.3 Å². The summed E-state index contributed by atoms with van der Waals surface area (Å²) < 4.78 is 3.17. The second-order valence-corrected chi connectivity index (χ2v) is 8.30. The van der Waals surface area contributed by atoms with Crippen molar-refractivity contribution in [2.45, 2.75) is 15.1 Å². The summed E-state index contributed by atoms with van der Waals surface area (Å²) in [5.74, 6) is -0.905. The summed E-state index contributed by atoms with van der Waals surface area (Å²) in [6.45, 7) is 0. The van der Waals surface area contributed by atoms with Crippen LogP contribution in [0.4, 0.5) is 0 Å². The first-order chi connectivity index (χ1) is 8.04. The third-order valence-electron chi connectivity index (χ3n) is 1.45. The highest BCUT2D eigenvalue weighted by molar-refractivity contribution is 9.13. The fourth-order valence-corrected chi connectivity index (χ4v) is 5.24. The smallest absolute Gasteiger partial charge is 0.310 e. The lowest BCUT2D eigenvalue weighted by Crippen LogP contribution is -1.98. The average Bonchev–Trinajstić information content (AvgIpc) is 2.75. The predicted octanol–water partition coefficient (Wildman–Crippen LogP) is 3.30. The molecule has 0 spiro atoms. The molecule has 0 saturated carbocycles. The maximum atomic E-state index is 10.5. The molecule has 0 aliphatic carbocycles. The van der Waals surface area contributed by atoms with Crippen molar-refractivity contribution in [1.82, 2.24) is 15.2 Å². The predicted molar refractivity (Wildman–Crippen MR) is 72.9 cm³/mol. The van der Waals surface area contributed by atoms with Crippen LogP contribution in [0.3, 0.4) is 0 Å². The number of hydrogen-bond donors (Lipinski definition) is 1. The first-order valence-corrected chi connectivity index (χ1v) is 8.12. The molecule has 5 nitrogen and oxygen atoms in total. The topological polar surface area (TPSA) is 76.0 Å². The first-order valence-electron chi connectivity index (χ1n) is 4.08. The van der Waals surface area contributed by atoms with E-state index in [0.29, 0.717) is 9.35 Å². The van der Waals surface area contributed by atoms with Crippen molar-refractivity contribution in [2.24, 2.45) is 0 Å². The molecular formula is C7H3Br2N3O2S3. The number of carboxylic acids is 1. The van der Waals surface area contributed by atoms with Gasteiger partial charge in [0.25, 0.3) is 0 Å².